The summed E-state index contributed by atoms with van der Waals surface area (Å²) in [5.74, 6) is 0.210. The number of carbonyl (C=O) groups is 1. The van der Waals surface area contributed by atoms with Crippen LogP contribution in [-0.4, -0.2) is 28.3 Å². The second-order valence-electron chi connectivity index (χ2n) is 6.30. The lowest BCUT2D eigenvalue weighted by Crippen LogP contribution is -2.22. The van der Waals surface area contributed by atoms with Crippen molar-refractivity contribution in [3.8, 4) is 11.8 Å². The highest BCUT2D eigenvalue weighted by Gasteiger charge is 2.29. The van der Waals surface area contributed by atoms with E-state index in [0.29, 0.717) is 45.8 Å². The van der Waals surface area contributed by atoms with Crippen LogP contribution in [0.3, 0.4) is 0 Å². The summed E-state index contributed by atoms with van der Waals surface area (Å²) in [6.07, 6.45) is 0. The first-order valence-corrected chi connectivity index (χ1v) is 8.50. The van der Waals surface area contributed by atoms with Gasteiger partial charge in [0, 0.05) is 19.0 Å². The van der Waals surface area contributed by atoms with Crippen molar-refractivity contribution in [3.63, 3.8) is 0 Å². The molecule has 0 aliphatic carbocycles. The lowest BCUT2D eigenvalue weighted by Gasteiger charge is -2.08. The van der Waals surface area contributed by atoms with Gasteiger partial charge in [-0.25, -0.2) is 4.98 Å². The minimum Gasteiger partial charge on any atom is -0.399 e. The molecule has 0 spiro atoms. The van der Waals surface area contributed by atoms with Gasteiger partial charge in [0.15, 0.2) is 11.5 Å². The van der Waals surface area contributed by atoms with Gasteiger partial charge in [0.05, 0.1) is 28.2 Å². The van der Waals surface area contributed by atoms with Gasteiger partial charge in [-0.3, -0.25) is 14.2 Å². The van der Waals surface area contributed by atoms with Crippen LogP contribution in [0.15, 0.2) is 46.3 Å². The molecule has 4 rings (SSSR count). The summed E-state index contributed by atoms with van der Waals surface area (Å²) in [6, 6.07) is 12.3. The summed E-state index contributed by atoms with van der Waals surface area (Å²) in [5, 5.41) is 16.4. The van der Waals surface area contributed by atoms with Crippen LogP contribution in [0.4, 0.5) is 0 Å². The van der Waals surface area contributed by atoms with Crippen LogP contribution in [0.2, 0.25) is 0 Å². The Morgan fingerprint density at radius 1 is 1.32 bits per heavy atom. The van der Waals surface area contributed by atoms with Crippen molar-refractivity contribution < 1.29 is 9.63 Å². The third-order valence-corrected chi connectivity index (χ3v) is 4.49. The Bertz CT molecular complexity index is 1270. The first-order chi connectivity index (χ1) is 13.5. The van der Waals surface area contributed by atoms with Gasteiger partial charge >= 0.3 is 0 Å². The minimum atomic E-state index is -0.238. The number of oxime groups is 1. The van der Waals surface area contributed by atoms with Crippen molar-refractivity contribution in [2.45, 2.75) is 13.5 Å². The number of hydrogen-bond acceptors (Lipinski definition) is 6. The first kappa shape index (κ1) is 17.4. The van der Waals surface area contributed by atoms with E-state index in [0.717, 1.165) is 5.56 Å². The Morgan fingerprint density at radius 2 is 2.14 bits per heavy atom. The van der Waals surface area contributed by atoms with Crippen molar-refractivity contribution >= 4 is 22.5 Å². The molecule has 0 saturated carbocycles. The molecule has 8 heteroatoms. The summed E-state index contributed by atoms with van der Waals surface area (Å²) < 4.78 is 1.48. The number of nitrogens with one attached hydrogen (secondary N) is 1. The monoisotopic (exact) mass is 373 g/mol. The van der Waals surface area contributed by atoms with Crippen molar-refractivity contribution in [2.75, 3.05) is 7.11 Å². The highest BCUT2D eigenvalue weighted by atomic mass is 16.6. The predicted octanol–water partition coefficient (Wildman–Crippen LogP) is 1.61. The Labute approximate surface area is 159 Å². The Kier molecular flexibility index (Phi) is 4.12. The molecule has 138 valence electrons. The molecule has 0 atom stereocenters. The number of nitrogens with zero attached hydrogens (tertiary/aromatic N) is 4. The number of rotatable bonds is 3. The van der Waals surface area contributed by atoms with E-state index in [1.54, 1.807) is 36.4 Å². The van der Waals surface area contributed by atoms with Gasteiger partial charge in [-0.2, -0.15) is 5.26 Å². The van der Waals surface area contributed by atoms with Gasteiger partial charge in [0.25, 0.3) is 5.56 Å². The molecule has 1 aromatic heterocycles. The maximum atomic E-state index is 13.2. The van der Waals surface area contributed by atoms with Crippen molar-refractivity contribution in [2.24, 2.45) is 5.16 Å². The molecule has 1 N–H and O–H groups in total. The first-order valence-electron chi connectivity index (χ1n) is 8.50. The zero-order valence-electron chi connectivity index (χ0n) is 15.2. The third-order valence-electron chi connectivity index (χ3n) is 4.49. The van der Waals surface area contributed by atoms with Crippen LogP contribution in [0.1, 0.15) is 29.4 Å². The van der Waals surface area contributed by atoms with E-state index in [4.69, 9.17) is 4.84 Å². The zero-order valence-corrected chi connectivity index (χ0v) is 15.2. The average Bonchev–Trinajstić information content (AvgIpc) is 2.99. The normalized spacial score (nSPS) is 13.1. The molecule has 0 fully saturated rings. The Morgan fingerprint density at radius 3 is 2.86 bits per heavy atom. The fourth-order valence-corrected chi connectivity index (χ4v) is 3.24. The quantitative estimate of drug-likeness (QED) is 0.549. The summed E-state index contributed by atoms with van der Waals surface area (Å²) in [4.78, 5) is 33.9. The standard InChI is InChI=1S/C20H15N5O3/c1-11(26)22-10-13-3-5-14-16(8-13)23-19-18(24-28-2)15-7-12(9-21)4-6-17(15)25(19)20(14)27/h3-8H,10H2,1-2H3,(H,22,26)/b24-18+. The molecular weight excluding hydrogens is 358 g/mol. The summed E-state index contributed by atoms with van der Waals surface area (Å²) >= 11 is 0. The van der Waals surface area contributed by atoms with E-state index in [-0.39, 0.29) is 11.5 Å². The predicted molar refractivity (Wildman–Crippen MR) is 102 cm³/mol. The number of hydrogen-bond donors (Lipinski definition) is 1. The number of carbonyl (C=O) groups excluding carboxylic acids is 1. The number of aromatic nitrogens is 2. The molecule has 0 saturated heterocycles. The van der Waals surface area contributed by atoms with Crippen LogP contribution in [0, 0.1) is 11.3 Å². The van der Waals surface area contributed by atoms with Gasteiger partial charge < -0.3 is 10.2 Å². The van der Waals surface area contributed by atoms with E-state index in [1.807, 2.05) is 0 Å². The van der Waals surface area contributed by atoms with Crippen LogP contribution in [0.5, 0.6) is 0 Å². The molecule has 2 aromatic carbocycles. The van der Waals surface area contributed by atoms with E-state index >= 15 is 0 Å². The number of fused-ring (bicyclic) bond motifs is 4. The lowest BCUT2D eigenvalue weighted by molar-refractivity contribution is -0.119. The molecule has 1 aliphatic rings. The van der Waals surface area contributed by atoms with Crippen molar-refractivity contribution in [3.05, 3.63) is 69.3 Å². The number of benzene rings is 2. The van der Waals surface area contributed by atoms with Crippen molar-refractivity contribution in [1.82, 2.24) is 14.9 Å². The summed E-state index contributed by atoms with van der Waals surface area (Å²) in [6.45, 7) is 1.79. The van der Waals surface area contributed by atoms with E-state index < -0.39 is 0 Å². The van der Waals surface area contributed by atoms with Crippen LogP contribution in [0.25, 0.3) is 16.6 Å². The van der Waals surface area contributed by atoms with E-state index in [9.17, 15) is 14.9 Å². The second kappa shape index (κ2) is 6.63. The average molecular weight is 373 g/mol. The third kappa shape index (κ3) is 2.70. The van der Waals surface area contributed by atoms with Crippen LogP contribution in [-0.2, 0) is 16.2 Å². The van der Waals surface area contributed by atoms with E-state index in [2.05, 4.69) is 21.5 Å². The Hall–Kier alpha value is -3.99. The summed E-state index contributed by atoms with van der Waals surface area (Å²) in [7, 11) is 1.41. The molecule has 28 heavy (non-hydrogen) atoms. The largest absolute Gasteiger partial charge is 0.399 e. The maximum Gasteiger partial charge on any atom is 0.266 e. The minimum absolute atomic E-state index is 0.139. The molecule has 0 radical (unpaired) electrons. The van der Waals surface area contributed by atoms with Gasteiger partial charge in [-0.05, 0) is 35.9 Å². The lowest BCUT2D eigenvalue weighted by atomic mass is 10.1. The molecule has 8 nitrogen and oxygen atoms in total. The molecule has 3 aromatic rings. The van der Waals surface area contributed by atoms with E-state index in [1.165, 1.54) is 18.6 Å². The maximum absolute atomic E-state index is 13.2. The number of amides is 1. The van der Waals surface area contributed by atoms with Gasteiger partial charge in [0.1, 0.15) is 7.11 Å². The molecule has 0 unspecified atom stereocenters. The molecule has 1 aliphatic heterocycles. The molecule has 2 heterocycles. The number of nitriles is 1. The van der Waals surface area contributed by atoms with Gasteiger partial charge in [-0.15, -0.1) is 0 Å². The van der Waals surface area contributed by atoms with Crippen LogP contribution >= 0.6 is 0 Å². The highest BCUT2D eigenvalue weighted by Crippen LogP contribution is 2.28. The smallest absolute Gasteiger partial charge is 0.266 e. The van der Waals surface area contributed by atoms with Gasteiger partial charge in [0.2, 0.25) is 5.91 Å². The molecule has 1 amide bonds. The summed E-state index contributed by atoms with van der Waals surface area (Å²) in [5.41, 5.74) is 3.14. The highest BCUT2D eigenvalue weighted by molar-refractivity contribution is 6.16. The second-order valence-corrected chi connectivity index (χ2v) is 6.30. The van der Waals surface area contributed by atoms with Crippen LogP contribution < -0.4 is 10.9 Å². The SMILES string of the molecule is CO/N=C1\c2cc(C#N)ccc2-n2c1nc1cc(CNC(C)=O)ccc1c2=O. The Balaban J connectivity index is 1.95. The topological polar surface area (TPSA) is 109 Å². The molecular formula is C20H15N5O3. The zero-order chi connectivity index (χ0) is 19.8. The van der Waals surface area contributed by atoms with Crippen molar-refractivity contribution in [1.29, 1.82) is 5.26 Å². The fraction of sp³-hybridized carbons (Fsp3) is 0.150. The molecule has 0 bridgehead atoms. The van der Waals surface area contributed by atoms with Gasteiger partial charge in [-0.1, -0.05) is 11.2 Å². The fourth-order valence-electron chi connectivity index (χ4n) is 3.24.